The van der Waals surface area contributed by atoms with Gasteiger partial charge in [-0.15, -0.1) is 0 Å². The molecule has 22 heavy (non-hydrogen) atoms. The lowest BCUT2D eigenvalue weighted by Crippen LogP contribution is -2.41. The van der Waals surface area contributed by atoms with Crippen LogP contribution in [0.15, 0.2) is 24.3 Å². The van der Waals surface area contributed by atoms with Gasteiger partial charge in [0.15, 0.2) is 0 Å². The Morgan fingerprint density at radius 3 is 2.64 bits per heavy atom. The van der Waals surface area contributed by atoms with Crippen LogP contribution in [0.4, 0.5) is 0 Å². The predicted molar refractivity (Wildman–Crippen MR) is 78.3 cm³/mol. The first-order valence-corrected chi connectivity index (χ1v) is 7.04. The molecule has 1 fully saturated rings. The van der Waals surface area contributed by atoms with E-state index in [0.717, 1.165) is 10.5 Å². The van der Waals surface area contributed by atoms with Crippen LogP contribution in [0.3, 0.4) is 0 Å². The molecule has 1 aliphatic heterocycles. The third kappa shape index (κ3) is 2.74. The highest BCUT2D eigenvalue weighted by Crippen LogP contribution is 2.41. The molecule has 0 bridgehead atoms. The SMILES string of the molecule is COCCN1C(=O)C[C@@](CC(=O)O)(c2ccccc2C)C1=O. The van der Waals surface area contributed by atoms with Crippen molar-refractivity contribution < 1.29 is 24.2 Å². The number of carbonyl (C=O) groups excluding carboxylic acids is 2. The summed E-state index contributed by atoms with van der Waals surface area (Å²) in [6.07, 6.45) is -0.515. The van der Waals surface area contributed by atoms with Gasteiger partial charge in [0.1, 0.15) is 0 Å². The maximum Gasteiger partial charge on any atom is 0.304 e. The highest BCUT2D eigenvalue weighted by Gasteiger charge is 2.54. The van der Waals surface area contributed by atoms with Gasteiger partial charge in [0.2, 0.25) is 11.8 Å². The number of ether oxygens (including phenoxy) is 1. The van der Waals surface area contributed by atoms with Gasteiger partial charge >= 0.3 is 5.97 Å². The molecule has 0 radical (unpaired) electrons. The van der Waals surface area contributed by atoms with E-state index in [1.807, 2.05) is 19.1 Å². The second kappa shape index (κ2) is 6.27. The monoisotopic (exact) mass is 305 g/mol. The van der Waals surface area contributed by atoms with Crippen molar-refractivity contribution in [3.63, 3.8) is 0 Å². The number of imide groups is 1. The van der Waals surface area contributed by atoms with Gasteiger partial charge in [0.05, 0.1) is 25.0 Å². The number of hydrogen-bond acceptors (Lipinski definition) is 4. The summed E-state index contributed by atoms with van der Waals surface area (Å²) < 4.78 is 4.92. The van der Waals surface area contributed by atoms with Crippen molar-refractivity contribution in [2.75, 3.05) is 20.3 Å². The van der Waals surface area contributed by atoms with Crippen LogP contribution in [0, 0.1) is 6.92 Å². The van der Waals surface area contributed by atoms with Gasteiger partial charge in [0.25, 0.3) is 0 Å². The summed E-state index contributed by atoms with van der Waals surface area (Å²) in [4.78, 5) is 37.5. The number of benzene rings is 1. The number of carboxylic acids is 1. The first-order valence-electron chi connectivity index (χ1n) is 7.04. The van der Waals surface area contributed by atoms with Crippen LogP contribution >= 0.6 is 0 Å². The normalized spacial score (nSPS) is 21.5. The zero-order valence-corrected chi connectivity index (χ0v) is 12.7. The topological polar surface area (TPSA) is 83.9 Å². The maximum absolute atomic E-state index is 12.8. The molecule has 1 aromatic carbocycles. The Bertz CT molecular complexity index is 612. The minimum atomic E-state index is -1.32. The second-order valence-electron chi connectivity index (χ2n) is 5.49. The van der Waals surface area contributed by atoms with Gasteiger partial charge in [-0.2, -0.15) is 0 Å². The van der Waals surface area contributed by atoms with Crippen LogP contribution in [-0.4, -0.2) is 48.1 Å². The molecule has 0 spiro atoms. The van der Waals surface area contributed by atoms with Crippen molar-refractivity contribution in [3.05, 3.63) is 35.4 Å². The Labute approximate surface area is 128 Å². The molecule has 118 valence electrons. The van der Waals surface area contributed by atoms with Gasteiger partial charge < -0.3 is 9.84 Å². The van der Waals surface area contributed by atoms with E-state index < -0.39 is 23.7 Å². The quantitative estimate of drug-likeness (QED) is 0.796. The van der Waals surface area contributed by atoms with Crippen LogP contribution in [0.25, 0.3) is 0 Å². The number of aryl methyl sites for hydroxylation is 1. The average Bonchev–Trinajstić information content (AvgIpc) is 2.68. The zero-order chi connectivity index (χ0) is 16.3. The van der Waals surface area contributed by atoms with Gasteiger partial charge in [-0.25, -0.2) is 0 Å². The van der Waals surface area contributed by atoms with E-state index in [9.17, 15) is 19.5 Å². The molecule has 2 amide bonds. The summed E-state index contributed by atoms with van der Waals surface area (Å²) in [5.41, 5.74) is 0.0938. The molecule has 1 N–H and O–H groups in total. The smallest absolute Gasteiger partial charge is 0.304 e. The number of amides is 2. The molecular weight excluding hydrogens is 286 g/mol. The van der Waals surface area contributed by atoms with Gasteiger partial charge in [-0.1, -0.05) is 24.3 Å². The average molecular weight is 305 g/mol. The molecule has 1 aromatic rings. The Kier molecular flexibility index (Phi) is 4.61. The van der Waals surface area contributed by atoms with Crippen molar-refractivity contribution >= 4 is 17.8 Å². The summed E-state index contributed by atoms with van der Waals surface area (Å²) in [5.74, 6) is -1.91. The van der Waals surface area contributed by atoms with Gasteiger partial charge in [0, 0.05) is 13.5 Å². The molecule has 2 rings (SSSR count). The number of hydrogen-bond donors (Lipinski definition) is 1. The lowest BCUT2D eigenvalue weighted by Gasteiger charge is -2.27. The Morgan fingerprint density at radius 1 is 1.36 bits per heavy atom. The fourth-order valence-corrected chi connectivity index (χ4v) is 3.02. The van der Waals surface area contributed by atoms with Crippen molar-refractivity contribution in [1.29, 1.82) is 0 Å². The minimum Gasteiger partial charge on any atom is -0.481 e. The zero-order valence-electron chi connectivity index (χ0n) is 12.7. The number of likely N-dealkylation sites (tertiary alicyclic amines) is 1. The van der Waals surface area contributed by atoms with E-state index >= 15 is 0 Å². The molecule has 1 atom stereocenters. The van der Waals surface area contributed by atoms with Crippen LogP contribution in [-0.2, 0) is 24.5 Å². The highest BCUT2D eigenvalue weighted by molar-refractivity contribution is 6.10. The van der Waals surface area contributed by atoms with Gasteiger partial charge in [-0.05, 0) is 18.1 Å². The molecule has 1 aliphatic rings. The van der Waals surface area contributed by atoms with Gasteiger partial charge in [-0.3, -0.25) is 19.3 Å². The van der Waals surface area contributed by atoms with Crippen molar-refractivity contribution in [2.24, 2.45) is 0 Å². The van der Waals surface area contributed by atoms with E-state index in [0.29, 0.717) is 5.56 Å². The standard InChI is InChI=1S/C16H19NO5/c1-11-5-3-4-6-12(11)16(10-14(19)20)9-13(18)17(15(16)21)7-8-22-2/h3-6H,7-10H2,1-2H3,(H,19,20)/t16-/m1/s1. The first-order chi connectivity index (χ1) is 10.4. The number of carboxylic acid groups (broad SMARTS) is 1. The fourth-order valence-electron chi connectivity index (χ4n) is 3.02. The Morgan fingerprint density at radius 2 is 2.05 bits per heavy atom. The molecule has 0 unspecified atom stereocenters. The first kappa shape index (κ1) is 16.2. The summed E-state index contributed by atoms with van der Waals surface area (Å²) >= 11 is 0. The Hall–Kier alpha value is -2.21. The summed E-state index contributed by atoms with van der Waals surface area (Å²) in [7, 11) is 1.48. The number of carbonyl (C=O) groups is 3. The lowest BCUT2D eigenvalue weighted by molar-refractivity contribution is -0.145. The second-order valence-corrected chi connectivity index (χ2v) is 5.49. The molecule has 0 saturated carbocycles. The molecular formula is C16H19NO5. The van der Waals surface area contributed by atoms with Crippen LogP contribution < -0.4 is 0 Å². The van der Waals surface area contributed by atoms with Crippen molar-refractivity contribution in [3.8, 4) is 0 Å². The Balaban J connectivity index is 2.48. The van der Waals surface area contributed by atoms with E-state index in [-0.39, 0.29) is 25.5 Å². The van der Waals surface area contributed by atoms with E-state index in [4.69, 9.17) is 4.74 Å². The molecule has 6 nitrogen and oxygen atoms in total. The molecule has 1 saturated heterocycles. The van der Waals surface area contributed by atoms with E-state index in [1.54, 1.807) is 12.1 Å². The third-order valence-electron chi connectivity index (χ3n) is 4.04. The van der Waals surface area contributed by atoms with Crippen LogP contribution in [0.5, 0.6) is 0 Å². The maximum atomic E-state index is 12.8. The predicted octanol–water partition coefficient (Wildman–Crippen LogP) is 1.11. The summed E-state index contributed by atoms with van der Waals surface area (Å²) in [6.45, 7) is 2.18. The summed E-state index contributed by atoms with van der Waals surface area (Å²) in [5, 5.41) is 9.25. The number of aliphatic carboxylic acids is 1. The van der Waals surface area contributed by atoms with Crippen molar-refractivity contribution in [1.82, 2.24) is 4.90 Å². The number of methoxy groups -OCH3 is 1. The molecule has 6 heteroatoms. The lowest BCUT2D eigenvalue weighted by atomic mass is 9.74. The minimum absolute atomic E-state index is 0.118. The summed E-state index contributed by atoms with van der Waals surface area (Å²) in [6, 6.07) is 7.11. The van der Waals surface area contributed by atoms with Crippen molar-refractivity contribution in [2.45, 2.75) is 25.2 Å². The largest absolute Gasteiger partial charge is 0.481 e. The van der Waals surface area contributed by atoms with E-state index in [2.05, 4.69) is 0 Å². The highest BCUT2D eigenvalue weighted by atomic mass is 16.5. The fraction of sp³-hybridized carbons (Fsp3) is 0.438. The molecule has 1 heterocycles. The van der Waals surface area contributed by atoms with Crippen LogP contribution in [0.2, 0.25) is 0 Å². The third-order valence-corrected chi connectivity index (χ3v) is 4.04. The van der Waals surface area contributed by atoms with E-state index in [1.165, 1.54) is 7.11 Å². The number of nitrogens with zero attached hydrogens (tertiary/aromatic N) is 1. The number of rotatable bonds is 6. The molecule has 0 aromatic heterocycles. The molecule has 0 aliphatic carbocycles. The van der Waals surface area contributed by atoms with Crippen LogP contribution in [0.1, 0.15) is 24.0 Å².